The van der Waals surface area contributed by atoms with Gasteiger partial charge in [0, 0.05) is 22.2 Å². The number of nitrogens with one attached hydrogen (secondary N) is 1. The summed E-state index contributed by atoms with van der Waals surface area (Å²) in [5, 5.41) is 2.91. The van der Waals surface area contributed by atoms with Crippen molar-refractivity contribution in [3.05, 3.63) is 27.8 Å². The van der Waals surface area contributed by atoms with E-state index in [1.165, 1.54) is 16.4 Å². The van der Waals surface area contributed by atoms with Crippen LogP contribution in [-0.2, 0) is 4.79 Å². The fraction of sp³-hybridized carbons (Fsp3) is 0.500. The molecule has 1 aromatic carbocycles. The summed E-state index contributed by atoms with van der Waals surface area (Å²) in [5.41, 5.74) is 0.872. The summed E-state index contributed by atoms with van der Waals surface area (Å²) in [5.74, 6) is 0.0829. The van der Waals surface area contributed by atoms with E-state index in [0.29, 0.717) is 6.42 Å². The molecule has 100 valence electrons. The minimum absolute atomic E-state index is 0.0829. The molecule has 0 bridgehead atoms. The zero-order chi connectivity index (χ0) is 13.4. The number of benzene rings is 1. The van der Waals surface area contributed by atoms with Crippen LogP contribution < -0.4 is 5.32 Å². The Kier molecular flexibility index (Phi) is 7.27. The van der Waals surface area contributed by atoms with Crippen LogP contribution in [0.25, 0.3) is 0 Å². The van der Waals surface area contributed by atoms with Gasteiger partial charge < -0.3 is 10.2 Å². The summed E-state index contributed by atoms with van der Waals surface area (Å²) < 4.78 is 1.17. The van der Waals surface area contributed by atoms with Gasteiger partial charge >= 0.3 is 0 Å². The second-order valence-electron chi connectivity index (χ2n) is 4.46. The third kappa shape index (κ3) is 6.35. The van der Waals surface area contributed by atoms with E-state index in [-0.39, 0.29) is 5.91 Å². The second-order valence-corrected chi connectivity index (χ2v) is 5.71. The number of hydrogen-bond donors (Lipinski definition) is 1. The normalized spacial score (nSPS) is 10.7. The number of anilines is 1. The van der Waals surface area contributed by atoms with Gasteiger partial charge in [0.05, 0.1) is 0 Å². The average Bonchev–Trinajstić information content (AvgIpc) is 2.36. The first-order valence-corrected chi connectivity index (χ1v) is 7.43. The molecule has 0 spiro atoms. The van der Waals surface area contributed by atoms with Crippen LogP contribution in [0.5, 0.6) is 0 Å². The van der Waals surface area contributed by atoms with E-state index in [2.05, 4.69) is 46.8 Å². The lowest BCUT2D eigenvalue weighted by molar-refractivity contribution is -0.116. The van der Waals surface area contributed by atoms with E-state index < -0.39 is 0 Å². The van der Waals surface area contributed by atoms with Crippen molar-refractivity contribution in [2.45, 2.75) is 26.2 Å². The standard InChI is InChI=1S/C14H21IN2O/c1-3-4-10-17(2)11-9-14(18)16-13-7-5-12(15)6-8-13/h5-8H,3-4,9-11H2,1-2H3,(H,16,18). The minimum atomic E-state index is 0.0829. The maximum atomic E-state index is 11.7. The molecule has 0 aliphatic rings. The van der Waals surface area contributed by atoms with E-state index >= 15 is 0 Å². The van der Waals surface area contributed by atoms with Crippen LogP contribution in [0.4, 0.5) is 5.69 Å². The molecular formula is C14H21IN2O. The Hall–Kier alpha value is -0.620. The fourth-order valence-corrected chi connectivity index (χ4v) is 1.95. The Morgan fingerprint density at radius 2 is 1.94 bits per heavy atom. The van der Waals surface area contributed by atoms with Gasteiger partial charge in [-0.05, 0) is 66.9 Å². The molecular weight excluding hydrogens is 339 g/mol. The molecule has 4 heteroatoms. The predicted octanol–water partition coefficient (Wildman–Crippen LogP) is 3.35. The lowest BCUT2D eigenvalue weighted by Crippen LogP contribution is -2.25. The lowest BCUT2D eigenvalue weighted by atomic mass is 10.3. The van der Waals surface area contributed by atoms with Crippen molar-refractivity contribution in [3.8, 4) is 0 Å². The molecule has 3 nitrogen and oxygen atoms in total. The molecule has 1 rings (SSSR count). The first kappa shape index (κ1) is 15.4. The zero-order valence-corrected chi connectivity index (χ0v) is 13.2. The van der Waals surface area contributed by atoms with E-state index in [4.69, 9.17) is 0 Å². The van der Waals surface area contributed by atoms with Gasteiger partial charge in [-0.3, -0.25) is 4.79 Å². The Bertz CT molecular complexity index is 365. The average molecular weight is 360 g/mol. The molecule has 0 aliphatic heterocycles. The molecule has 1 N–H and O–H groups in total. The van der Waals surface area contributed by atoms with E-state index in [0.717, 1.165) is 18.8 Å². The van der Waals surface area contributed by atoms with Crippen LogP contribution >= 0.6 is 22.6 Å². The first-order chi connectivity index (χ1) is 8.61. The second kappa shape index (κ2) is 8.48. The molecule has 0 heterocycles. The Labute approximate surface area is 123 Å². The van der Waals surface area contributed by atoms with E-state index in [1.54, 1.807) is 0 Å². The highest BCUT2D eigenvalue weighted by Gasteiger charge is 2.04. The number of rotatable bonds is 7. The van der Waals surface area contributed by atoms with Gasteiger partial charge in [-0.15, -0.1) is 0 Å². The molecule has 0 aromatic heterocycles. The topological polar surface area (TPSA) is 32.3 Å². The Morgan fingerprint density at radius 3 is 2.56 bits per heavy atom. The van der Waals surface area contributed by atoms with Crippen LogP contribution in [0, 0.1) is 3.57 Å². The monoisotopic (exact) mass is 360 g/mol. The summed E-state index contributed by atoms with van der Waals surface area (Å²) in [7, 11) is 2.06. The Morgan fingerprint density at radius 1 is 1.28 bits per heavy atom. The quantitative estimate of drug-likeness (QED) is 0.757. The SMILES string of the molecule is CCCCN(C)CCC(=O)Nc1ccc(I)cc1. The van der Waals surface area contributed by atoms with Crippen LogP contribution in [0.2, 0.25) is 0 Å². The minimum Gasteiger partial charge on any atom is -0.326 e. The number of carbonyl (C=O) groups is 1. The largest absolute Gasteiger partial charge is 0.326 e. The summed E-state index contributed by atoms with van der Waals surface area (Å²) in [4.78, 5) is 13.9. The first-order valence-electron chi connectivity index (χ1n) is 6.35. The van der Waals surface area contributed by atoms with Crippen LogP contribution in [0.1, 0.15) is 26.2 Å². The Balaban J connectivity index is 2.27. The van der Waals surface area contributed by atoms with Gasteiger partial charge in [-0.2, -0.15) is 0 Å². The van der Waals surface area contributed by atoms with Gasteiger partial charge in [0.15, 0.2) is 0 Å². The molecule has 1 amide bonds. The number of carbonyl (C=O) groups excluding carboxylic acids is 1. The molecule has 18 heavy (non-hydrogen) atoms. The van der Waals surface area contributed by atoms with Crippen molar-refractivity contribution in [3.63, 3.8) is 0 Å². The van der Waals surface area contributed by atoms with Gasteiger partial charge in [0.1, 0.15) is 0 Å². The van der Waals surface area contributed by atoms with Gasteiger partial charge in [-0.25, -0.2) is 0 Å². The summed E-state index contributed by atoms with van der Waals surface area (Å²) >= 11 is 2.25. The molecule has 1 aromatic rings. The highest BCUT2D eigenvalue weighted by atomic mass is 127. The van der Waals surface area contributed by atoms with E-state index in [1.807, 2.05) is 24.3 Å². The lowest BCUT2D eigenvalue weighted by Gasteiger charge is -2.15. The smallest absolute Gasteiger partial charge is 0.225 e. The van der Waals surface area contributed by atoms with Crippen molar-refractivity contribution in [1.29, 1.82) is 0 Å². The molecule has 0 saturated carbocycles. The highest BCUT2D eigenvalue weighted by Crippen LogP contribution is 2.11. The maximum absolute atomic E-state index is 11.7. The summed E-state index contributed by atoms with van der Waals surface area (Å²) in [6.07, 6.45) is 2.93. The van der Waals surface area contributed by atoms with Crippen molar-refractivity contribution < 1.29 is 4.79 Å². The molecule has 0 saturated heterocycles. The third-order valence-electron chi connectivity index (χ3n) is 2.74. The van der Waals surface area contributed by atoms with Gasteiger partial charge in [-0.1, -0.05) is 13.3 Å². The number of halogens is 1. The van der Waals surface area contributed by atoms with Crippen LogP contribution in [0.3, 0.4) is 0 Å². The summed E-state index contributed by atoms with van der Waals surface area (Å²) in [6, 6.07) is 7.84. The van der Waals surface area contributed by atoms with Crippen molar-refractivity contribution >= 4 is 34.2 Å². The molecule has 0 fully saturated rings. The van der Waals surface area contributed by atoms with Crippen molar-refractivity contribution in [2.24, 2.45) is 0 Å². The fourth-order valence-electron chi connectivity index (χ4n) is 1.59. The van der Waals surface area contributed by atoms with Crippen molar-refractivity contribution in [2.75, 3.05) is 25.5 Å². The zero-order valence-electron chi connectivity index (χ0n) is 11.1. The number of hydrogen-bond acceptors (Lipinski definition) is 2. The number of nitrogens with zero attached hydrogens (tertiary/aromatic N) is 1. The molecule has 0 atom stereocenters. The third-order valence-corrected chi connectivity index (χ3v) is 3.46. The molecule has 0 aliphatic carbocycles. The van der Waals surface area contributed by atoms with Crippen molar-refractivity contribution in [1.82, 2.24) is 4.90 Å². The maximum Gasteiger partial charge on any atom is 0.225 e. The number of amides is 1. The number of unbranched alkanes of at least 4 members (excludes halogenated alkanes) is 1. The summed E-state index contributed by atoms with van der Waals surface area (Å²) in [6.45, 7) is 4.06. The van der Waals surface area contributed by atoms with E-state index in [9.17, 15) is 4.79 Å². The van der Waals surface area contributed by atoms with Gasteiger partial charge in [0.2, 0.25) is 5.91 Å². The van der Waals surface area contributed by atoms with Crippen LogP contribution in [0.15, 0.2) is 24.3 Å². The molecule has 0 unspecified atom stereocenters. The predicted molar refractivity (Wildman–Crippen MR) is 84.8 cm³/mol. The van der Waals surface area contributed by atoms with Gasteiger partial charge in [0.25, 0.3) is 0 Å². The molecule has 0 radical (unpaired) electrons. The highest BCUT2D eigenvalue weighted by molar-refractivity contribution is 14.1. The van der Waals surface area contributed by atoms with Crippen LogP contribution in [-0.4, -0.2) is 30.9 Å².